The van der Waals surface area contributed by atoms with Gasteiger partial charge in [-0.2, -0.15) is 11.8 Å². The summed E-state index contributed by atoms with van der Waals surface area (Å²) >= 11 is 7.84. The van der Waals surface area contributed by atoms with Crippen LogP contribution in [0.5, 0.6) is 0 Å². The van der Waals surface area contributed by atoms with Gasteiger partial charge in [-0.3, -0.25) is 9.59 Å². The first-order valence-electron chi connectivity index (χ1n) is 6.91. The zero-order valence-corrected chi connectivity index (χ0v) is 13.2. The van der Waals surface area contributed by atoms with E-state index in [1.54, 1.807) is 24.3 Å². The Bertz CT molecular complexity index is 517. The molecule has 1 fully saturated rings. The van der Waals surface area contributed by atoms with Gasteiger partial charge in [0.15, 0.2) is 0 Å². The number of carboxylic acids is 1. The molecule has 1 N–H and O–H groups in total. The molecule has 4 nitrogen and oxygen atoms in total. The number of amides is 1. The van der Waals surface area contributed by atoms with Crippen molar-refractivity contribution in [3.63, 3.8) is 0 Å². The number of rotatable bonds is 5. The lowest BCUT2D eigenvalue weighted by molar-refractivity contribution is -0.136. The number of benzene rings is 1. The first kappa shape index (κ1) is 16.2. The summed E-state index contributed by atoms with van der Waals surface area (Å²) in [5.74, 6) is 1.34. The number of hydrogen-bond acceptors (Lipinski definition) is 3. The molecule has 21 heavy (non-hydrogen) atoms. The van der Waals surface area contributed by atoms with Crippen molar-refractivity contribution in [2.45, 2.75) is 19.3 Å². The van der Waals surface area contributed by atoms with E-state index in [2.05, 4.69) is 0 Å². The van der Waals surface area contributed by atoms with Crippen LogP contribution in [0.1, 0.15) is 19.3 Å². The van der Waals surface area contributed by atoms with Crippen molar-refractivity contribution >= 4 is 40.9 Å². The number of thioether (sulfide) groups is 1. The molecule has 1 heterocycles. The van der Waals surface area contributed by atoms with Crippen LogP contribution in [0.2, 0.25) is 5.02 Å². The highest BCUT2D eigenvalue weighted by Crippen LogP contribution is 2.27. The molecule has 0 radical (unpaired) electrons. The molecule has 0 aromatic heterocycles. The van der Waals surface area contributed by atoms with E-state index in [1.165, 1.54) is 4.90 Å². The summed E-state index contributed by atoms with van der Waals surface area (Å²) in [4.78, 5) is 24.8. The van der Waals surface area contributed by atoms with Crippen molar-refractivity contribution < 1.29 is 14.7 Å². The summed E-state index contributed by atoms with van der Waals surface area (Å²) in [6.07, 6.45) is 2.44. The average molecular weight is 328 g/mol. The molecule has 1 aliphatic heterocycles. The zero-order chi connectivity index (χ0) is 15.2. The Morgan fingerprint density at radius 3 is 2.67 bits per heavy atom. The molecule has 0 atom stereocenters. The quantitative estimate of drug-likeness (QED) is 0.901. The van der Waals surface area contributed by atoms with Crippen LogP contribution in [0, 0.1) is 5.92 Å². The predicted molar refractivity (Wildman–Crippen MR) is 86.1 cm³/mol. The largest absolute Gasteiger partial charge is 0.480 e. The van der Waals surface area contributed by atoms with Crippen LogP contribution >= 0.6 is 23.4 Å². The maximum Gasteiger partial charge on any atom is 0.323 e. The first-order chi connectivity index (χ1) is 10.1. The second kappa shape index (κ2) is 7.71. The third-order valence-electron chi connectivity index (χ3n) is 3.52. The Hall–Kier alpha value is -1.20. The summed E-state index contributed by atoms with van der Waals surface area (Å²) in [6.45, 7) is -0.333. The summed E-state index contributed by atoms with van der Waals surface area (Å²) in [6, 6.07) is 6.76. The van der Waals surface area contributed by atoms with Gasteiger partial charge >= 0.3 is 5.97 Å². The predicted octanol–water partition coefficient (Wildman–Crippen LogP) is 3.29. The molecule has 1 aliphatic rings. The molecular formula is C15H18ClNO3S. The topological polar surface area (TPSA) is 57.6 Å². The van der Waals surface area contributed by atoms with Crippen molar-refractivity contribution in [1.29, 1.82) is 0 Å². The molecule has 114 valence electrons. The van der Waals surface area contributed by atoms with E-state index in [0.29, 0.717) is 23.0 Å². The molecule has 0 unspecified atom stereocenters. The van der Waals surface area contributed by atoms with Crippen LogP contribution in [0.3, 0.4) is 0 Å². The number of halogens is 1. The highest BCUT2D eigenvalue weighted by Gasteiger charge is 2.24. The second-order valence-electron chi connectivity index (χ2n) is 5.11. The molecule has 1 aromatic carbocycles. The van der Waals surface area contributed by atoms with Gasteiger partial charge in [-0.1, -0.05) is 17.7 Å². The van der Waals surface area contributed by atoms with Gasteiger partial charge in [0.25, 0.3) is 0 Å². The van der Waals surface area contributed by atoms with Crippen molar-refractivity contribution in [2.75, 3.05) is 23.0 Å². The van der Waals surface area contributed by atoms with Gasteiger partial charge in [0.2, 0.25) is 5.91 Å². The number of carbonyl (C=O) groups is 2. The Morgan fingerprint density at radius 1 is 1.33 bits per heavy atom. The monoisotopic (exact) mass is 327 g/mol. The molecule has 2 rings (SSSR count). The Kier molecular flexibility index (Phi) is 5.94. The minimum absolute atomic E-state index is 0.142. The van der Waals surface area contributed by atoms with Crippen LogP contribution in [0.25, 0.3) is 0 Å². The van der Waals surface area contributed by atoms with Gasteiger partial charge in [0.05, 0.1) is 0 Å². The molecular weight excluding hydrogens is 310 g/mol. The number of aliphatic carboxylic acids is 1. The van der Waals surface area contributed by atoms with Crippen LogP contribution in [0.15, 0.2) is 24.3 Å². The minimum atomic E-state index is -1.03. The number of nitrogens with zero attached hydrogens (tertiary/aromatic N) is 1. The molecule has 1 aromatic rings. The lowest BCUT2D eigenvalue weighted by atomic mass is 9.98. The van der Waals surface area contributed by atoms with Gasteiger partial charge in [-0.05, 0) is 48.5 Å². The lowest BCUT2D eigenvalue weighted by Gasteiger charge is -2.26. The fraction of sp³-hybridized carbons (Fsp3) is 0.467. The van der Waals surface area contributed by atoms with Gasteiger partial charge in [0.1, 0.15) is 6.54 Å². The van der Waals surface area contributed by atoms with E-state index < -0.39 is 5.97 Å². The van der Waals surface area contributed by atoms with Crippen LogP contribution in [0.4, 0.5) is 5.69 Å². The fourth-order valence-corrected chi connectivity index (χ4v) is 3.80. The average Bonchev–Trinajstić information content (AvgIpc) is 2.45. The van der Waals surface area contributed by atoms with E-state index in [4.69, 9.17) is 16.7 Å². The number of carboxylic acid groups (broad SMARTS) is 1. The fourth-order valence-electron chi connectivity index (χ4n) is 2.41. The molecule has 1 saturated heterocycles. The highest BCUT2D eigenvalue weighted by molar-refractivity contribution is 7.99. The molecule has 0 saturated carbocycles. The van der Waals surface area contributed by atoms with Crippen molar-refractivity contribution in [3.8, 4) is 0 Å². The SMILES string of the molecule is O=C(O)CN(C(=O)CC1CCSCC1)c1cccc(Cl)c1. The summed E-state index contributed by atoms with van der Waals surface area (Å²) in [5.41, 5.74) is 0.542. The van der Waals surface area contributed by atoms with E-state index in [1.807, 2.05) is 11.8 Å². The third-order valence-corrected chi connectivity index (χ3v) is 4.80. The van der Waals surface area contributed by atoms with Gasteiger partial charge in [-0.15, -0.1) is 0 Å². The van der Waals surface area contributed by atoms with E-state index in [0.717, 1.165) is 24.3 Å². The standard InChI is InChI=1S/C15H18ClNO3S/c16-12-2-1-3-13(9-12)17(10-15(19)20)14(18)8-11-4-6-21-7-5-11/h1-3,9,11H,4-8,10H2,(H,19,20). The number of carbonyl (C=O) groups excluding carboxylic acids is 1. The summed E-state index contributed by atoms with van der Waals surface area (Å²) < 4.78 is 0. The third kappa shape index (κ3) is 4.93. The maximum absolute atomic E-state index is 12.5. The minimum Gasteiger partial charge on any atom is -0.480 e. The van der Waals surface area contributed by atoms with Gasteiger partial charge in [-0.25, -0.2) is 0 Å². The second-order valence-corrected chi connectivity index (χ2v) is 6.77. The number of hydrogen-bond donors (Lipinski definition) is 1. The van der Waals surface area contributed by atoms with Gasteiger partial charge in [0, 0.05) is 17.1 Å². The Morgan fingerprint density at radius 2 is 2.05 bits per heavy atom. The van der Waals surface area contributed by atoms with Crippen LogP contribution in [-0.4, -0.2) is 35.0 Å². The van der Waals surface area contributed by atoms with Crippen molar-refractivity contribution in [1.82, 2.24) is 0 Å². The lowest BCUT2D eigenvalue weighted by Crippen LogP contribution is -2.37. The summed E-state index contributed by atoms with van der Waals surface area (Å²) in [7, 11) is 0. The number of anilines is 1. The normalized spacial score (nSPS) is 15.7. The summed E-state index contributed by atoms with van der Waals surface area (Å²) in [5, 5.41) is 9.53. The van der Waals surface area contributed by atoms with E-state index in [-0.39, 0.29) is 12.5 Å². The van der Waals surface area contributed by atoms with E-state index >= 15 is 0 Å². The van der Waals surface area contributed by atoms with E-state index in [9.17, 15) is 9.59 Å². The smallest absolute Gasteiger partial charge is 0.323 e. The van der Waals surface area contributed by atoms with Crippen LogP contribution < -0.4 is 4.90 Å². The molecule has 0 aliphatic carbocycles. The molecule has 1 amide bonds. The Balaban J connectivity index is 2.11. The highest BCUT2D eigenvalue weighted by atomic mass is 35.5. The molecule has 0 spiro atoms. The zero-order valence-electron chi connectivity index (χ0n) is 11.6. The Labute approximate surface area is 133 Å². The molecule has 6 heteroatoms. The molecule has 0 bridgehead atoms. The first-order valence-corrected chi connectivity index (χ1v) is 8.45. The van der Waals surface area contributed by atoms with Gasteiger partial charge < -0.3 is 10.0 Å². The van der Waals surface area contributed by atoms with Crippen molar-refractivity contribution in [3.05, 3.63) is 29.3 Å². The van der Waals surface area contributed by atoms with Crippen LogP contribution in [-0.2, 0) is 9.59 Å². The maximum atomic E-state index is 12.5. The van der Waals surface area contributed by atoms with Crippen molar-refractivity contribution in [2.24, 2.45) is 5.92 Å².